The second-order valence-electron chi connectivity index (χ2n) is 5.16. The number of benzene rings is 1. The van der Waals surface area contributed by atoms with Crippen LogP contribution in [0, 0.1) is 0 Å². The zero-order valence-electron chi connectivity index (χ0n) is 13.2. The summed E-state index contributed by atoms with van der Waals surface area (Å²) in [5, 5.41) is 8.07. The first kappa shape index (κ1) is 16.1. The van der Waals surface area contributed by atoms with E-state index in [1.165, 1.54) is 16.0 Å². The van der Waals surface area contributed by atoms with Gasteiger partial charge in [-0.25, -0.2) is 0 Å². The molecule has 2 rings (SSSR count). The molecule has 0 radical (unpaired) electrons. The maximum Gasteiger partial charge on any atom is 0.0522 e. The predicted octanol–water partition coefficient (Wildman–Crippen LogP) is 3.91. The van der Waals surface area contributed by atoms with Crippen molar-refractivity contribution in [2.45, 2.75) is 44.2 Å². The summed E-state index contributed by atoms with van der Waals surface area (Å²) in [6, 6.07) is 9.04. The Labute approximate surface area is 132 Å². The van der Waals surface area contributed by atoms with Crippen LogP contribution < -0.4 is 5.32 Å². The third-order valence-electron chi connectivity index (χ3n) is 3.61. The monoisotopic (exact) mass is 303 g/mol. The van der Waals surface area contributed by atoms with Crippen molar-refractivity contribution in [1.29, 1.82) is 0 Å². The highest BCUT2D eigenvalue weighted by Gasteiger charge is 2.15. The Morgan fingerprint density at radius 1 is 1.29 bits per heavy atom. The number of nitrogens with one attached hydrogen (secondary N) is 1. The van der Waals surface area contributed by atoms with E-state index in [0.29, 0.717) is 6.04 Å². The molecule has 0 aliphatic rings. The summed E-state index contributed by atoms with van der Waals surface area (Å²) in [6.07, 6.45) is 8.42. The highest BCUT2D eigenvalue weighted by molar-refractivity contribution is 7.98. The smallest absolute Gasteiger partial charge is 0.0522 e. The fourth-order valence-electron chi connectivity index (χ4n) is 2.49. The van der Waals surface area contributed by atoms with Crippen LogP contribution in [0.4, 0.5) is 0 Å². The lowest BCUT2D eigenvalue weighted by Gasteiger charge is -2.21. The van der Waals surface area contributed by atoms with E-state index in [2.05, 4.69) is 61.0 Å². The summed E-state index contributed by atoms with van der Waals surface area (Å²) in [7, 11) is 0. The molecule has 0 aliphatic heterocycles. The molecule has 0 saturated carbocycles. The van der Waals surface area contributed by atoms with Crippen LogP contribution in [0.15, 0.2) is 41.6 Å². The fourth-order valence-corrected chi connectivity index (χ4v) is 3.15. The largest absolute Gasteiger partial charge is 0.310 e. The quantitative estimate of drug-likeness (QED) is 0.750. The van der Waals surface area contributed by atoms with Gasteiger partial charge >= 0.3 is 0 Å². The summed E-state index contributed by atoms with van der Waals surface area (Å²) in [5.74, 6) is 0. The van der Waals surface area contributed by atoms with E-state index in [9.17, 15) is 0 Å². The van der Waals surface area contributed by atoms with E-state index < -0.39 is 0 Å². The Hall–Kier alpha value is -1.26. The van der Waals surface area contributed by atoms with Gasteiger partial charge in [-0.2, -0.15) is 5.10 Å². The minimum atomic E-state index is 0.350. The molecule has 0 spiro atoms. The first-order chi connectivity index (χ1) is 10.3. The topological polar surface area (TPSA) is 29.9 Å². The Bertz CT molecular complexity index is 550. The van der Waals surface area contributed by atoms with Crippen molar-refractivity contribution in [3.63, 3.8) is 0 Å². The molecule has 1 N–H and O–H groups in total. The van der Waals surface area contributed by atoms with Crippen molar-refractivity contribution in [3.05, 3.63) is 47.8 Å². The number of aryl methyl sites for hydroxylation is 1. The average Bonchev–Trinajstić information content (AvgIpc) is 2.99. The summed E-state index contributed by atoms with van der Waals surface area (Å²) < 4.78 is 1.99. The molecule has 1 heterocycles. The lowest BCUT2D eigenvalue weighted by Crippen LogP contribution is -2.24. The number of rotatable bonds is 8. The average molecular weight is 303 g/mol. The van der Waals surface area contributed by atoms with Gasteiger partial charge in [0.25, 0.3) is 0 Å². The van der Waals surface area contributed by atoms with Crippen molar-refractivity contribution < 1.29 is 0 Å². The zero-order chi connectivity index (χ0) is 15.1. The van der Waals surface area contributed by atoms with Gasteiger partial charge in [-0.3, -0.25) is 4.68 Å². The Morgan fingerprint density at radius 3 is 2.76 bits per heavy atom. The summed E-state index contributed by atoms with van der Waals surface area (Å²) in [4.78, 5) is 1.36. The van der Waals surface area contributed by atoms with E-state index >= 15 is 0 Å². The molecular formula is C17H25N3S. The highest BCUT2D eigenvalue weighted by Crippen LogP contribution is 2.28. The Balaban J connectivity index is 2.20. The van der Waals surface area contributed by atoms with Crippen LogP contribution in [-0.2, 0) is 13.0 Å². The maximum atomic E-state index is 4.39. The van der Waals surface area contributed by atoms with E-state index in [0.717, 1.165) is 25.9 Å². The summed E-state index contributed by atoms with van der Waals surface area (Å²) >= 11 is 1.82. The number of hydrogen-bond donors (Lipinski definition) is 1. The van der Waals surface area contributed by atoms with Crippen molar-refractivity contribution in [2.75, 3.05) is 12.8 Å². The summed E-state index contributed by atoms with van der Waals surface area (Å²) in [6.45, 7) is 6.29. The molecule has 0 saturated heterocycles. The lowest BCUT2D eigenvalue weighted by molar-refractivity contribution is 0.522. The third-order valence-corrected chi connectivity index (χ3v) is 4.42. The van der Waals surface area contributed by atoms with Gasteiger partial charge < -0.3 is 5.32 Å². The molecule has 2 aromatic rings. The Morgan fingerprint density at radius 2 is 2.10 bits per heavy atom. The van der Waals surface area contributed by atoms with Gasteiger partial charge in [0.2, 0.25) is 0 Å². The van der Waals surface area contributed by atoms with Gasteiger partial charge in [0.05, 0.1) is 6.20 Å². The van der Waals surface area contributed by atoms with E-state index in [-0.39, 0.29) is 0 Å². The lowest BCUT2D eigenvalue weighted by atomic mass is 10.0. The van der Waals surface area contributed by atoms with Crippen LogP contribution in [-0.4, -0.2) is 22.6 Å². The highest BCUT2D eigenvalue weighted by atomic mass is 32.2. The van der Waals surface area contributed by atoms with Crippen LogP contribution >= 0.6 is 11.8 Å². The minimum Gasteiger partial charge on any atom is -0.310 e. The molecule has 21 heavy (non-hydrogen) atoms. The van der Waals surface area contributed by atoms with E-state index in [1.807, 2.05) is 22.6 Å². The molecular weight excluding hydrogens is 278 g/mol. The van der Waals surface area contributed by atoms with Gasteiger partial charge in [0.1, 0.15) is 0 Å². The van der Waals surface area contributed by atoms with Crippen LogP contribution in [0.1, 0.15) is 37.4 Å². The molecule has 114 valence electrons. The number of aromatic nitrogens is 2. The minimum absolute atomic E-state index is 0.350. The molecule has 3 nitrogen and oxygen atoms in total. The van der Waals surface area contributed by atoms with Crippen molar-refractivity contribution in [3.8, 4) is 0 Å². The van der Waals surface area contributed by atoms with Gasteiger partial charge in [0, 0.05) is 23.7 Å². The molecule has 1 atom stereocenters. The van der Waals surface area contributed by atoms with Crippen LogP contribution in [0.25, 0.3) is 0 Å². The number of thioether (sulfide) groups is 1. The van der Waals surface area contributed by atoms with Crippen molar-refractivity contribution in [1.82, 2.24) is 15.1 Å². The van der Waals surface area contributed by atoms with Crippen LogP contribution in [0.3, 0.4) is 0 Å². The van der Waals surface area contributed by atoms with Gasteiger partial charge in [-0.05, 0) is 49.8 Å². The molecule has 0 amide bonds. The SMILES string of the molecule is CCCNC(Cc1cnn(CC)c1)c1ccccc1SC. The Kier molecular flexibility index (Phi) is 6.33. The third kappa shape index (κ3) is 4.35. The van der Waals surface area contributed by atoms with Crippen LogP contribution in [0.5, 0.6) is 0 Å². The van der Waals surface area contributed by atoms with Gasteiger partial charge in [-0.1, -0.05) is 25.1 Å². The molecule has 1 aromatic carbocycles. The van der Waals surface area contributed by atoms with E-state index in [1.54, 1.807) is 0 Å². The molecule has 0 bridgehead atoms. The van der Waals surface area contributed by atoms with Crippen LogP contribution in [0.2, 0.25) is 0 Å². The standard InChI is InChI=1S/C17H25N3S/c1-4-10-18-16(11-14-12-19-20(5-2)13-14)15-8-6-7-9-17(15)21-3/h6-9,12-13,16,18H,4-5,10-11H2,1-3H3. The second kappa shape index (κ2) is 8.25. The van der Waals surface area contributed by atoms with Gasteiger partial charge in [0.15, 0.2) is 0 Å². The first-order valence-corrected chi connectivity index (χ1v) is 8.88. The number of hydrogen-bond acceptors (Lipinski definition) is 3. The molecule has 0 aliphatic carbocycles. The normalized spacial score (nSPS) is 12.5. The zero-order valence-corrected chi connectivity index (χ0v) is 14.0. The van der Waals surface area contributed by atoms with Crippen molar-refractivity contribution in [2.24, 2.45) is 0 Å². The first-order valence-electron chi connectivity index (χ1n) is 7.66. The second-order valence-corrected chi connectivity index (χ2v) is 6.01. The molecule has 0 fully saturated rings. The molecule has 1 aromatic heterocycles. The predicted molar refractivity (Wildman–Crippen MR) is 90.9 cm³/mol. The van der Waals surface area contributed by atoms with E-state index in [4.69, 9.17) is 0 Å². The molecule has 1 unspecified atom stereocenters. The number of nitrogens with zero attached hydrogens (tertiary/aromatic N) is 2. The molecule has 4 heteroatoms. The summed E-state index contributed by atoms with van der Waals surface area (Å²) in [5.41, 5.74) is 2.68. The van der Waals surface area contributed by atoms with Crippen molar-refractivity contribution >= 4 is 11.8 Å². The maximum absolute atomic E-state index is 4.39. The van der Waals surface area contributed by atoms with Gasteiger partial charge in [-0.15, -0.1) is 11.8 Å². The fraction of sp³-hybridized carbons (Fsp3) is 0.471.